The average Bonchev–Trinajstić information content (AvgIpc) is 2.98. The van der Waals surface area contributed by atoms with Gasteiger partial charge in [0.05, 0.1) is 10.6 Å². The Morgan fingerprint density at radius 2 is 1.43 bits per heavy atom. The summed E-state index contributed by atoms with van der Waals surface area (Å²) in [5.74, 6) is -0.899. The summed E-state index contributed by atoms with van der Waals surface area (Å²) < 4.78 is 29.2. The first kappa shape index (κ1) is 33.1. The summed E-state index contributed by atoms with van der Waals surface area (Å²) in [4.78, 5) is 29.6. The first-order valence-corrected chi connectivity index (χ1v) is 16.4. The summed E-state index contributed by atoms with van der Waals surface area (Å²) in [6.45, 7) is 5.07. The third kappa shape index (κ3) is 8.62. The number of anilines is 1. The number of rotatable bonds is 12. The number of carbonyl (C=O) groups excluding carboxylic acids is 2. The highest BCUT2D eigenvalue weighted by atomic mass is 35.5. The quantitative estimate of drug-likeness (QED) is 0.186. The Morgan fingerprint density at radius 1 is 0.795 bits per heavy atom. The van der Waals surface area contributed by atoms with Crippen molar-refractivity contribution in [2.24, 2.45) is 0 Å². The molecule has 4 aromatic carbocycles. The van der Waals surface area contributed by atoms with E-state index in [4.69, 9.17) is 23.2 Å². The van der Waals surface area contributed by atoms with Gasteiger partial charge in [-0.2, -0.15) is 0 Å². The van der Waals surface area contributed by atoms with Crippen molar-refractivity contribution in [3.8, 4) is 0 Å². The van der Waals surface area contributed by atoms with Crippen molar-refractivity contribution in [1.29, 1.82) is 0 Å². The topological polar surface area (TPSA) is 86.8 Å². The van der Waals surface area contributed by atoms with Gasteiger partial charge < -0.3 is 10.2 Å². The van der Waals surface area contributed by atoms with Gasteiger partial charge in [-0.05, 0) is 80.4 Å². The van der Waals surface area contributed by atoms with E-state index >= 15 is 0 Å². The molecule has 230 valence electrons. The molecular formula is C34H35Cl2N3O4S. The molecule has 0 aliphatic carbocycles. The van der Waals surface area contributed by atoms with Crippen LogP contribution in [0.4, 0.5) is 5.69 Å². The van der Waals surface area contributed by atoms with Gasteiger partial charge in [-0.15, -0.1) is 0 Å². The second-order valence-corrected chi connectivity index (χ2v) is 13.6. The first-order chi connectivity index (χ1) is 20.9. The van der Waals surface area contributed by atoms with E-state index in [1.807, 2.05) is 57.2 Å². The number of amides is 2. The number of nitrogens with one attached hydrogen (secondary N) is 1. The molecule has 1 atom stereocenters. The van der Waals surface area contributed by atoms with E-state index in [1.54, 1.807) is 42.5 Å². The van der Waals surface area contributed by atoms with Crippen LogP contribution in [0.15, 0.2) is 108 Å². The van der Waals surface area contributed by atoms with Crippen molar-refractivity contribution in [2.75, 3.05) is 10.8 Å². The van der Waals surface area contributed by atoms with Crippen LogP contribution in [-0.4, -0.2) is 43.8 Å². The maximum Gasteiger partial charge on any atom is 0.264 e. The zero-order valence-electron chi connectivity index (χ0n) is 24.8. The second kappa shape index (κ2) is 14.8. The van der Waals surface area contributed by atoms with Gasteiger partial charge in [0.1, 0.15) is 12.6 Å². The third-order valence-electron chi connectivity index (χ3n) is 6.95. The lowest BCUT2D eigenvalue weighted by atomic mass is 10.0. The number of halogens is 2. The van der Waals surface area contributed by atoms with E-state index in [1.165, 1.54) is 29.2 Å². The summed E-state index contributed by atoms with van der Waals surface area (Å²) in [6.07, 6.45) is 0.222. The van der Waals surface area contributed by atoms with Gasteiger partial charge in [0.2, 0.25) is 11.8 Å². The third-order valence-corrected chi connectivity index (χ3v) is 9.22. The molecule has 0 saturated carbocycles. The minimum Gasteiger partial charge on any atom is -0.352 e. The van der Waals surface area contributed by atoms with Crippen LogP contribution in [0, 0.1) is 6.92 Å². The van der Waals surface area contributed by atoms with Crippen molar-refractivity contribution in [2.45, 2.75) is 50.7 Å². The Morgan fingerprint density at radius 3 is 2.05 bits per heavy atom. The van der Waals surface area contributed by atoms with Crippen molar-refractivity contribution in [3.63, 3.8) is 0 Å². The van der Waals surface area contributed by atoms with Gasteiger partial charge in [-0.3, -0.25) is 13.9 Å². The van der Waals surface area contributed by atoms with Gasteiger partial charge >= 0.3 is 0 Å². The van der Waals surface area contributed by atoms with E-state index in [9.17, 15) is 18.0 Å². The standard InChI is InChI=1S/C34H35Cl2N3O4S/c1-24(2)37-34(41)32(21-26-8-5-4-6-9-26)38(22-27-10-7-11-29(36)20-27)33(40)23-39(30-16-12-25(3)13-17-30)44(42,43)31-18-14-28(35)15-19-31/h4-20,24,32H,21-23H2,1-3H3,(H,37,41). The molecule has 0 heterocycles. The molecule has 0 spiro atoms. The fourth-order valence-corrected chi connectivity index (χ4v) is 6.49. The normalized spacial score (nSPS) is 12.0. The number of carbonyl (C=O) groups is 2. The van der Waals surface area contributed by atoms with Crippen LogP contribution in [-0.2, 0) is 32.6 Å². The molecule has 0 aliphatic rings. The molecule has 1 N–H and O–H groups in total. The summed E-state index contributed by atoms with van der Waals surface area (Å²) in [5.41, 5.74) is 2.79. The molecule has 0 aliphatic heterocycles. The highest BCUT2D eigenvalue weighted by Crippen LogP contribution is 2.26. The molecule has 0 bridgehead atoms. The van der Waals surface area contributed by atoms with Crippen molar-refractivity contribution < 1.29 is 18.0 Å². The molecule has 7 nitrogen and oxygen atoms in total. The van der Waals surface area contributed by atoms with Gasteiger partial charge in [0.25, 0.3) is 10.0 Å². The van der Waals surface area contributed by atoms with E-state index in [2.05, 4.69) is 5.32 Å². The Kier molecular flexibility index (Phi) is 11.1. The summed E-state index contributed by atoms with van der Waals surface area (Å²) in [7, 11) is -4.21. The van der Waals surface area contributed by atoms with Crippen LogP contribution in [0.2, 0.25) is 10.0 Å². The van der Waals surface area contributed by atoms with Crippen LogP contribution in [0.5, 0.6) is 0 Å². The predicted molar refractivity (Wildman–Crippen MR) is 176 cm³/mol. The molecular weight excluding hydrogens is 617 g/mol. The van der Waals surface area contributed by atoms with Crippen molar-refractivity contribution >= 4 is 50.7 Å². The number of nitrogens with zero attached hydrogens (tertiary/aromatic N) is 2. The van der Waals surface area contributed by atoms with Crippen LogP contribution in [0.1, 0.15) is 30.5 Å². The van der Waals surface area contributed by atoms with Crippen LogP contribution >= 0.6 is 23.2 Å². The minimum absolute atomic E-state index is 0.0185. The van der Waals surface area contributed by atoms with E-state index in [0.29, 0.717) is 21.3 Å². The molecule has 4 rings (SSSR count). The fraction of sp³-hybridized carbons (Fsp3) is 0.235. The van der Waals surface area contributed by atoms with Gasteiger partial charge in [-0.25, -0.2) is 8.42 Å². The molecule has 4 aromatic rings. The fourth-order valence-electron chi connectivity index (χ4n) is 4.74. The molecule has 2 amide bonds. The van der Waals surface area contributed by atoms with Crippen molar-refractivity contribution in [1.82, 2.24) is 10.2 Å². The zero-order valence-corrected chi connectivity index (χ0v) is 27.1. The Balaban J connectivity index is 1.80. The van der Waals surface area contributed by atoms with Crippen LogP contribution < -0.4 is 9.62 Å². The number of hydrogen-bond donors (Lipinski definition) is 1. The Bertz CT molecular complexity index is 1680. The van der Waals surface area contributed by atoms with Gasteiger partial charge in [0.15, 0.2) is 0 Å². The summed E-state index contributed by atoms with van der Waals surface area (Å²) in [5, 5.41) is 3.81. The maximum absolute atomic E-state index is 14.4. The number of sulfonamides is 1. The number of aryl methyl sites for hydroxylation is 1. The van der Waals surface area contributed by atoms with Gasteiger partial charge in [-0.1, -0.05) is 83.4 Å². The monoisotopic (exact) mass is 651 g/mol. The Labute approximate surface area is 269 Å². The Hall–Kier alpha value is -3.85. The first-order valence-electron chi connectivity index (χ1n) is 14.2. The molecule has 0 saturated heterocycles. The molecule has 0 radical (unpaired) electrons. The second-order valence-electron chi connectivity index (χ2n) is 10.8. The summed E-state index contributed by atoms with van der Waals surface area (Å²) >= 11 is 12.3. The predicted octanol–water partition coefficient (Wildman–Crippen LogP) is 6.66. The van der Waals surface area contributed by atoms with Crippen LogP contribution in [0.3, 0.4) is 0 Å². The highest BCUT2D eigenvalue weighted by molar-refractivity contribution is 7.92. The lowest BCUT2D eigenvalue weighted by Crippen LogP contribution is -2.54. The number of hydrogen-bond acceptors (Lipinski definition) is 4. The van der Waals surface area contributed by atoms with Gasteiger partial charge in [0, 0.05) is 29.1 Å². The zero-order chi connectivity index (χ0) is 31.9. The molecule has 0 aromatic heterocycles. The molecule has 1 unspecified atom stereocenters. The van der Waals surface area contributed by atoms with Crippen molar-refractivity contribution in [3.05, 3.63) is 130 Å². The lowest BCUT2D eigenvalue weighted by Gasteiger charge is -2.34. The molecule has 10 heteroatoms. The smallest absolute Gasteiger partial charge is 0.264 e. The summed E-state index contributed by atoms with van der Waals surface area (Å²) in [6, 6.07) is 28.0. The maximum atomic E-state index is 14.4. The SMILES string of the molecule is Cc1ccc(N(CC(=O)N(Cc2cccc(Cl)c2)C(Cc2ccccc2)C(=O)NC(C)C)S(=O)(=O)c2ccc(Cl)cc2)cc1. The molecule has 0 fully saturated rings. The average molecular weight is 653 g/mol. The van der Waals surface area contributed by atoms with E-state index < -0.39 is 28.5 Å². The lowest BCUT2D eigenvalue weighted by molar-refractivity contribution is -0.140. The largest absolute Gasteiger partial charge is 0.352 e. The van der Waals surface area contributed by atoms with E-state index in [0.717, 1.165) is 15.4 Å². The molecule has 44 heavy (non-hydrogen) atoms. The highest BCUT2D eigenvalue weighted by Gasteiger charge is 2.34. The van der Waals surface area contributed by atoms with Crippen LogP contribution in [0.25, 0.3) is 0 Å². The van der Waals surface area contributed by atoms with E-state index in [-0.39, 0.29) is 29.8 Å². The number of benzene rings is 4. The minimum atomic E-state index is -4.21.